The van der Waals surface area contributed by atoms with E-state index in [9.17, 15) is 44.7 Å². The smallest absolute Gasteiger partial charge is 0.364 e. The highest BCUT2D eigenvalue weighted by Gasteiger charge is 2.61. The highest BCUT2D eigenvalue weighted by molar-refractivity contribution is 6.07. The van der Waals surface area contributed by atoms with Gasteiger partial charge in [0.05, 0.1) is 5.56 Å². The number of hydrogen-bond acceptors (Lipinski definition) is 4. The van der Waals surface area contributed by atoms with Crippen LogP contribution < -0.4 is 16.6 Å². The lowest BCUT2D eigenvalue weighted by atomic mass is 10.0. The highest BCUT2D eigenvalue weighted by Crippen LogP contribution is 2.38. The summed E-state index contributed by atoms with van der Waals surface area (Å²) in [5.41, 5.74) is -7.73. The first-order valence-electron chi connectivity index (χ1n) is 7.90. The Labute approximate surface area is 161 Å². The van der Waals surface area contributed by atoms with Gasteiger partial charge in [0.15, 0.2) is 0 Å². The van der Waals surface area contributed by atoms with E-state index in [2.05, 4.69) is 5.32 Å². The maximum Gasteiger partial charge on any atom is 0.459 e. The number of hydrogen-bond donors (Lipinski definition) is 4. The van der Waals surface area contributed by atoms with Gasteiger partial charge in [-0.25, -0.2) is 4.79 Å². The van der Waals surface area contributed by atoms with Crippen LogP contribution in [-0.4, -0.2) is 27.8 Å². The van der Waals surface area contributed by atoms with E-state index in [-0.39, 0.29) is 5.56 Å². The Morgan fingerprint density at radius 1 is 0.967 bits per heavy atom. The summed E-state index contributed by atoms with van der Waals surface area (Å²) in [7, 11) is 0. The van der Waals surface area contributed by atoms with Crippen LogP contribution in [0.25, 0.3) is 0 Å². The molecule has 1 aromatic heterocycles. The van der Waals surface area contributed by atoms with Gasteiger partial charge in [-0.1, -0.05) is 12.1 Å². The molecule has 0 fully saturated rings. The molecule has 2 aromatic rings. The lowest BCUT2D eigenvalue weighted by Crippen LogP contribution is -2.47. The van der Waals surface area contributed by atoms with Gasteiger partial charge < -0.3 is 5.32 Å². The van der Waals surface area contributed by atoms with Crippen LogP contribution in [0.1, 0.15) is 29.7 Å². The third-order valence-electron chi connectivity index (χ3n) is 3.96. The second-order valence-electron chi connectivity index (χ2n) is 6.09. The van der Waals surface area contributed by atoms with Crippen LogP contribution in [0.4, 0.5) is 40.9 Å². The Hall–Kier alpha value is -3.19. The molecule has 0 saturated carbocycles. The van der Waals surface area contributed by atoms with Gasteiger partial charge in [-0.3, -0.25) is 20.2 Å². The van der Waals surface area contributed by atoms with Crippen LogP contribution >= 0.6 is 0 Å². The fraction of sp³-hybridized carbons (Fsp3) is 0.312. The number of rotatable bonds is 5. The molecular weight excluding hydrogens is 432 g/mol. The lowest BCUT2D eigenvalue weighted by Gasteiger charge is -2.23. The number of anilines is 1. The molecule has 1 aromatic carbocycles. The first-order chi connectivity index (χ1) is 13.6. The average molecular weight is 444 g/mol. The van der Waals surface area contributed by atoms with Crippen LogP contribution in [0, 0.1) is 5.41 Å². The largest absolute Gasteiger partial charge is 0.459 e. The van der Waals surface area contributed by atoms with E-state index in [1.54, 1.807) is 0 Å². The normalized spacial score (nSPS) is 13.8. The van der Waals surface area contributed by atoms with Crippen molar-refractivity contribution in [2.45, 2.75) is 31.2 Å². The Bertz CT molecular complexity index is 1050. The number of nitrogens with one attached hydrogen (secondary N) is 4. The first kappa shape index (κ1) is 23.1. The second-order valence-corrected chi connectivity index (χ2v) is 6.09. The Kier molecular flexibility index (Phi) is 5.83. The van der Waals surface area contributed by atoms with E-state index in [1.807, 2.05) is 4.98 Å². The van der Waals surface area contributed by atoms with Crippen molar-refractivity contribution in [3.05, 3.63) is 61.8 Å². The zero-order chi connectivity index (χ0) is 23.1. The summed E-state index contributed by atoms with van der Waals surface area (Å²) >= 11 is 0. The Balaban J connectivity index is 2.47. The summed E-state index contributed by atoms with van der Waals surface area (Å²) in [5, 5.41) is 9.48. The standard InChI is InChI=1S/C16H12F8N4O2/c1-6(7-2-4-8(5-3-7)15(19,20)21)26-11-9(12(29)28-13(30)27-11)10(25)14(17,18)16(22,23)24/h2-6,25H,1H3,(H3,26,27,28,29,30). The zero-order valence-corrected chi connectivity index (χ0v) is 14.7. The monoisotopic (exact) mass is 444 g/mol. The predicted octanol–water partition coefficient (Wildman–Crippen LogP) is 3.82. The van der Waals surface area contributed by atoms with E-state index in [0.29, 0.717) is 12.1 Å². The fourth-order valence-corrected chi connectivity index (χ4v) is 2.39. The van der Waals surface area contributed by atoms with Crippen molar-refractivity contribution in [2.24, 2.45) is 0 Å². The summed E-state index contributed by atoms with van der Waals surface area (Å²) in [6.45, 7) is 1.28. The molecular formula is C16H12F8N4O2. The van der Waals surface area contributed by atoms with Gasteiger partial charge in [0.25, 0.3) is 5.56 Å². The molecule has 0 aliphatic rings. The first-order valence-corrected chi connectivity index (χ1v) is 7.90. The maximum atomic E-state index is 13.6. The number of alkyl halides is 8. The summed E-state index contributed by atoms with van der Waals surface area (Å²) in [4.78, 5) is 26.6. The van der Waals surface area contributed by atoms with Crippen LogP contribution in [-0.2, 0) is 6.18 Å². The predicted molar refractivity (Wildman–Crippen MR) is 89.0 cm³/mol. The molecule has 0 aliphatic heterocycles. The molecule has 1 heterocycles. The molecule has 1 unspecified atom stereocenters. The van der Waals surface area contributed by atoms with E-state index in [0.717, 1.165) is 12.1 Å². The molecule has 0 aliphatic carbocycles. The maximum absolute atomic E-state index is 13.6. The minimum Gasteiger partial charge on any atom is -0.364 e. The Morgan fingerprint density at radius 3 is 1.97 bits per heavy atom. The molecule has 1 atom stereocenters. The van der Waals surface area contributed by atoms with E-state index >= 15 is 0 Å². The number of aromatic nitrogens is 2. The summed E-state index contributed by atoms with van der Waals surface area (Å²) in [6, 6.07) is 2.35. The van der Waals surface area contributed by atoms with Gasteiger partial charge in [-0.2, -0.15) is 35.1 Å². The lowest BCUT2D eigenvalue weighted by molar-refractivity contribution is -0.249. The quantitative estimate of drug-likeness (QED) is 0.417. The van der Waals surface area contributed by atoms with Gasteiger partial charge in [0, 0.05) is 6.04 Å². The molecule has 0 amide bonds. The highest BCUT2D eigenvalue weighted by atomic mass is 19.4. The van der Waals surface area contributed by atoms with Crippen LogP contribution in [0.15, 0.2) is 33.9 Å². The zero-order valence-electron chi connectivity index (χ0n) is 14.7. The van der Waals surface area contributed by atoms with Gasteiger partial charge in [-0.05, 0) is 24.6 Å². The van der Waals surface area contributed by atoms with Crippen molar-refractivity contribution in [1.82, 2.24) is 9.97 Å². The molecule has 2 rings (SSSR count). The van der Waals surface area contributed by atoms with Crippen molar-refractivity contribution in [1.29, 1.82) is 5.41 Å². The molecule has 164 valence electrons. The SMILES string of the molecule is CC(Nc1[nH]c(=O)[nH]c(=O)c1C(=N)C(F)(F)C(F)(F)F)c1ccc(C(F)(F)F)cc1. The molecule has 0 bridgehead atoms. The van der Waals surface area contributed by atoms with Crippen LogP contribution in [0.2, 0.25) is 0 Å². The van der Waals surface area contributed by atoms with Crippen LogP contribution in [0.5, 0.6) is 0 Å². The van der Waals surface area contributed by atoms with Gasteiger partial charge in [0.1, 0.15) is 17.1 Å². The molecule has 0 spiro atoms. The minimum atomic E-state index is -6.19. The summed E-state index contributed by atoms with van der Waals surface area (Å²) in [6.07, 6.45) is -10.8. The molecule has 30 heavy (non-hydrogen) atoms. The molecule has 4 N–H and O–H groups in total. The van der Waals surface area contributed by atoms with Crippen molar-refractivity contribution < 1.29 is 35.1 Å². The van der Waals surface area contributed by atoms with Gasteiger partial charge in [-0.15, -0.1) is 0 Å². The molecule has 0 radical (unpaired) electrons. The van der Waals surface area contributed by atoms with E-state index in [1.165, 1.54) is 11.9 Å². The molecule has 6 nitrogen and oxygen atoms in total. The number of halogens is 8. The Morgan fingerprint density at radius 2 is 1.50 bits per heavy atom. The molecule has 14 heteroatoms. The number of benzene rings is 1. The summed E-state index contributed by atoms with van der Waals surface area (Å²) < 4.78 is 103. The fourth-order valence-electron chi connectivity index (χ4n) is 2.39. The topological polar surface area (TPSA) is 102 Å². The molecule has 0 saturated heterocycles. The third kappa shape index (κ3) is 4.52. The van der Waals surface area contributed by atoms with Crippen LogP contribution in [0.3, 0.4) is 0 Å². The summed E-state index contributed by atoms with van der Waals surface area (Å²) in [5.74, 6) is -6.64. The minimum absolute atomic E-state index is 0.115. The number of aromatic amines is 2. The van der Waals surface area contributed by atoms with E-state index < -0.39 is 58.2 Å². The van der Waals surface area contributed by atoms with E-state index in [4.69, 9.17) is 5.41 Å². The van der Waals surface area contributed by atoms with Crippen molar-refractivity contribution in [3.8, 4) is 0 Å². The van der Waals surface area contributed by atoms with Gasteiger partial charge in [0.2, 0.25) is 0 Å². The number of H-pyrrole nitrogens is 2. The van der Waals surface area contributed by atoms with Crippen molar-refractivity contribution >= 4 is 11.5 Å². The second kappa shape index (κ2) is 7.57. The average Bonchev–Trinajstić information content (AvgIpc) is 2.59. The van der Waals surface area contributed by atoms with Crippen molar-refractivity contribution in [3.63, 3.8) is 0 Å². The van der Waals surface area contributed by atoms with Gasteiger partial charge >= 0.3 is 24.0 Å². The third-order valence-corrected chi connectivity index (χ3v) is 3.96. The van der Waals surface area contributed by atoms with Crippen molar-refractivity contribution in [2.75, 3.05) is 5.32 Å².